The van der Waals surface area contributed by atoms with Crippen LogP contribution in [0.5, 0.6) is 5.75 Å². The van der Waals surface area contributed by atoms with Crippen LogP contribution in [0.1, 0.15) is 19.4 Å². The molecule has 0 bridgehead atoms. The smallest absolute Gasteiger partial charge is 0.323 e. The molecule has 5 nitrogen and oxygen atoms in total. The number of hydrogen-bond donors (Lipinski definition) is 2. The van der Waals surface area contributed by atoms with Gasteiger partial charge in [-0.2, -0.15) is 0 Å². The number of aromatic hydroxyl groups is 1. The molecule has 2 N–H and O–H groups in total. The zero-order chi connectivity index (χ0) is 13.8. The quantitative estimate of drug-likeness (QED) is 0.614. The number of phenolic OH excluding ortho intramolecular Hbond substituents is 1. The van der Waals surface area contributed by atoms with Crippen molar-refractivity contribution in [2.45, 2.75) is 20.3 Å². The largest absolute Gasteiger partial charge is 0.508 e. The van der Waals surface area contributed by atoms with E-state index in [0.717, 1.165) is 0 Å². The van der Waals surface area contributed by atoms with Crippen LogP contribution in [0.15, 0.2) is 24.3 Å². The molecular formula is C13H16O5. The lowest BCUT2D eigenvalue weighted by Gasteiger charge is -2.22. The van der Waals surface area contributed by atoms with Crippen LogP contribution in [0, 0.1) is 5.41 Å². The molecule has 0 aromatic heterocycles. The minimum Gasteiger partial charge on any atom is -0.508 e. The summed E-state index contributed by atoms with van der Waals surface area (Å²) >= 11 is 0. The molecule has 0 amide bonds. The van der Waals surface area contributed by atoms with Crippen molar-refractivity contribution in [3.63, 3.8) is 0 Å². The molecule has 0 radical (unpaired) electrons. The zero-order valence-electron chi connectivity index (χ0n) is 10.3. The second-order valence-electron chi connectivity index (χ2n) is 4.20. The Hall–Kier alpha value is -2.04. The van der Waals surface area contributed by atoms with Gasteiger partial charge in [0, 0.05) is 0 Å². The van der Waals surface area contributed by atoms with E-state index in [1.54, 1.807) is 19.1 Å². The predicted octanol–water partition coefficient (Wildman–Crippen LogP) is 1.59. The van der Waals surface area contributed by atoms with E-state index in [1.165, 1.54) is 19.1 Å². The van der Waals surface area contributed by atoms with E-state index in [0.29, 0.717) is 5.56 Å². The van der Waals surface area contributed by atoms with Crippen LogP contribution in [-0.2, 0) is 20.7 Å². The maximum atomic E-state index is 11.7. The minimum absolute atomic E-state index is 0.0153. The van der Waals surface area contributed by atoms with E-state index < -0.39 is 17.4 Å². The monoisotopic (exact) mass is 252 g/mol. The molecule has 0 aliphatic rings. The minimum atomic E-state index is -1.62. The van der Waals surface area contributed by atoms with Gasteiger partial charge in [-0.25, -0.2) is 0 Å². The average Bonchev–Trinajstić information content (AvgIpc) is 2.32. The van der Waals surface area contributed by atoms with Crippen molar-refractivity contribution in [3.05, 3.63) is 29.8 Å². The maximum absolute atomic E-state index is 11.7. The molecule has 0 fully saturated rings. The van der Waals surface area contributed by atoms with E-state index in [-0.39, 0.29) is 18.8 Å². The molecule has 98 valence electrons. The lowest BCUT2D eigenvalue weighted by Crippen LogP contribution is -2.39. The summed E-state index contributed by atoms with van der Waals surface area (Å²) in [6.07, 6.45) is 0.0153. The van der Waals surface area contributed by atoms with Gasteiger partial charge in [0.1, 0.15) is 5.75 Å². The van der Waals surface area contributed by atoms with Crippen LogP contribution in [0.4, 0.5) is 0 Å². The van der Waals surface area contributed by atoms with Crippen molar-refractivity contribution in [3.8, 4) is 5.75 Å². The highest BCUT2D eigenvalue weighted by molar-refractivity contribution is 5.99. The highest BCUT2D eigenvalue weighted by atomic mass is 16.5. The first kappa shape index (κ1) is 14.0. The molecule has 0 saturated carbocycles. The Labute approximate surface area is 105 Å². The number of rotatable bonds is 5. The highest BCUT2D eigenvalue weighted by Crippen LogP contribution is 2.26. The molecule has 1 aromatic carbocycles. The molecule has 0 aliphatic heterocycles. The number of carboxylic acids is 1. The fourth-order valence-corrected chi connectivity index (χ4v) is 1.55. The Bertz CT molecular complexity index is 437. The van der Waals surface area contributed by atoms with Crippen LogP contribution in [0.2, 0.25) is 0 Å². The average molecular weight is 252 g/mol. The lowest BCUT2D eigenvalue weighted by molar-refractivity contribution is -0.167. The summed E-state index contributed by atoms with van der Waals surface area (Å²) in [6.45, 7) is 3.10. The number of carbonyl (C=O) groups excluding carboxylic acids is 1. The normalized spacial score (nSPS) is 13.7. The first-order valence-corrected chi connectivity index (χ1v) is 5.58. The Morgan fingerprint density at radius 2 is 1.83 bits per heavy atom. The molecular weight excluding hydrogens is 236 g/mol. The third-order valence-electron chi connectivity index (χ3n) is 2.69. The Kier molecular flexibility index (Phi) is 4.31. The van der Waals surface area contributed by atoms with Crippen molar-refractivity contribution in [2.24, 2.45) is 5.41 Å². The molecule has 18 heavy (non-hydrogen) atoms. The van der Waals surface area contributed by atoms with Crippen molar-refractivity contribution >= 4 is 11.9 Å². The summed E-state index contributed by atoms with van der Waals surface area (Å²) in [5, 5.41) is 18.3. The van der Waals surface area contributed by atoms with Crippen LogP contribution in [-0.4, -0.2) is 28.8 Å². The van der Waals surface area contributed by atoms with Gasteiger partial charge >= 0.3 is 11.9 Å². The highest BCUT2D eigenvalue weighted by Gasteiger charge is 2.42. The molecule has 0 aliphatic carbocycles. The van der Waals surface area contributed by atoms with Gasteiger partial charge in [-0.3, -0.25) is 9.59 Å². The third-order valence-corrected chi connectivity index (χ3v) is 2.69. The molecule has 1 rings (SSSR count). The van der Waals surface area contributed by atoms with Gasteiger partial charge in [-0.1, -0.05) is 12.1 Å². The van der Waals surface area contributed by atoms with Gasteiger partial charge < -0.3 is 14.9 Å². The molecule has 0 heterocycles. The topological polar surface area (TPSA) is 83.8 Å². The second-order valence-corrected chi connectivity index (χ2v) is 4.20. The summed E-state index contributed by atoms with van der Waals surface area (Å²) in [4.78, 5) is 23.0. The Balaban J connectivity index is 2.96. The SMILES string of the molecule is CCOC(=O)C(C)(Cc1ccc(O)cc1)C(=O)O. The number of hydrogen-bond acceptors (Lipinski definition) is 4. The number of carbonyl (C=O) groups is 2. The fourth-order valence-electron chi connectivity index (χ4n) is 1.55. The number of aliphatic carboxylic acids is 1. The van der Waals surface area contributed by atoms with Gasteiger partial charge in [0.05, 0.1) is 6.61 Å². The van der Waals surface area contributed by atoms with Crippen LogP contribution >= 0.6 is 0 Å². The number of esters is 1. The van der Waals surface area contributed by atoms with Crippen LogP contribution < -0.4 is 0 Å². The summed E-state index contributed by atoms with van der Waals surface area (Å²) in [5.74, 6) is -1.90. The number of ether oxygens (including phenoxy) is 1. The zero-order valence-corrected chi connectivity index (χ0v) is 10.3. The van der Waals surface area contributed by atoms with E-state index in [9.17, 15) is 14.7 Å². The number of phenols is 1. The first-order valence-electron chi connectivity index (χ1n) is 5.58. The maximum Gasteiger partial charge on any atom is 0.323 e. The fraction of sp³-hybridized carbons (Fsp3) is 0.385. The van der Waals surface area contributed by atoms with E-state index >= 15 is 0 Å². The second kappa shape index (κ2) is 5.53. The summed E-state index contributed by atoms with van der Waals surface area (Å²) < 4.78 is 4.80. The number of benzene rings is 1. The molecule has 5 heteroatoms. The molecule has 0 saturated heterocycles. The van der Waals surface area contributed by atoms with Crippen LogP contribution in [0.3, 0.4) is 0 Å². The van der Waals surface area contributed by atoms with E-state index in [2.05, 4.69) is 0 Å². The van der Waals surface area contributed by atoms with Crippen molar-refractivity contribution in [1.82, 2.24) is 0 Å². The Morgan fingerprint density at radius 3 is 2.28 bits per heavy atom. The van der Waals surface area contributed by atoms with Gasteiger partial charge in [0.15, 0.2) is 5.41 Å². The summed E-state index contributed by atoms with van der Waals surface area (Å²) in [7, 11) is 0. The van der Waals surface area contributed by atoms with Gasteiger partial charge in [-0.15, -0.1) is 0 Å². The standard InChI is InChI=1S/C13H16O5/c1-3-18-12(17)13(2,11(15)16)8-9-4-6-10(14)7-5-9/h4-7,14H,3,8H2,1-2H3,(H,15,16). The van der Waals surface area contributed by atoms with Crippen molar-refractivity contribution in [2.75, 3.05) is 6.61 Å². The van der Waals surface area contributed by atoms with Gasteiger partial charge in [0.25, 0.3) is 0 Å². The van der Waals surface area contributed by atoms with Crippen LogP contribution in [0.25, 0.3) is 0 Å². The van der Waals surface area contributed by atoms with E-state index in [1.807, 2.05) is 0 Å². The molecule has 1 atom stereocenters. The molecule has 1 aromatic rings. The Morgan fingerprint density at radius 1 is 1.28 bits per heavy atom. The number of carboxylic acid groups (broad SMARTS) is 1. The van der Waals surface area contributed by atoms with Crippen molar-refractivity contribution < 1.29 is 24.5 Å². The molecule has 0 spiro atoms. The van der Waals surface area contributed by atoms with E-state index in [4.69, 9.17) is 9.84 Å². The van der Waals surface area contributed by atoms with Gasteiger partial charge in [-0.05, 0) is 38.0 Å². The first-order chi connectivity index (χ1) is 8.40. The summed E-state index contributed by atoms with van der Waals surface area (Å²) in [5.41, 5.74) is -0.974. The van der Waals surface area contributed by atoms with Crippen molar-refractivity contribution in [1.29, 1.82) is 0 Å². The lowest BCUT2D eigenvalue weighted by atomic mass is 9.83. The van der Waals surface area contributed by atoms with Gasteiger partial charge in [0.2, 0.25) is 0 Å². The third kappa shape index (κ3) is 3.00. The molecule has 1 unspecified atom stereocenters. The predicted molar refractivity (Wildman–Crippen MR) is 64.2 cm³/mol. The summed E-state index contributed by atoms with van der Waals surface area (Å²) in [6, 6.07) is 6.05.